The van der Waals surface area contributed by atoms with Crippen molar-refractivity contribution in [2.75, 3.05) is 20.2 Å². The van der Waals surface area contributed by atoms with E-state index in [9.17, 15) is 28.2 Å². The molecule has 0 aromatic rings. The van der Waals surface area contributed by atoms with Crippen molar-refractivity contribution in [2.45, 2.75) is 18.4 Å². The Bertz CT molecular complexity index is 270. The predicted octanol–water partition coefficient (Wildman–Crippen LogP) is -0.0313. The van der Waals surface area contributed by atoms with Gasteiger partial charge >= 0.3 is 12.3 Å². The fraction of sp³-hybridized carbons (Fsp3) is 0.875. The van der Waals surface area contributed by atoms with Crippen molar-refractivity contribution in [2.24, 2.45) is 5.92 Å². The Labute approximate surface area is 89.4 Å². The number of piperidine rings is 1. The second-order valence-corrected chi connectivity index (χ2v) is 3.58. The molecule has 0 aromatic heterocycles. The number of amides is 1. The van der Waals surface area contributed by atoms with Crippen LogP contribution in [0, 0.1) is 5.92 Å². The molecule has 1 rings (SSSR count). The zero-order valence-corrected chi connectivity index (χ0v) is 8.44. The molecule has 94 valence electrons. The molecule has 2 N–H and O–H groups in total. The maximum Gasteiger partial charge on any atom is 0.409 e. The molecule has 0 aliphatic carbocycles. The topological polar surface area (TPSA) is 70.0 Å². The van der Waals surface area contributed by atoms with E-state index in [1.807, 2.05) is 0 Å². The van der Waals surface area contributed by atoms with Crippen LogP contribution in [0.15, 0.2) is 0 Å². The second-order valence-electron chi connectivity index (χ2n) is 3.58. The molecule has 0 aromatic carbocycles. The van der Waals surface area contributed by atoms with Gasteiger partial charge in [0.05, 0.1) is 25.9 Å². The quantitative estimate of drug-likeness (QED) is 0.626. The van der Waals surface area contributed by atoms with Crippen molar-refractivity contribution in [1.82, 2.24) is 4.90 Å². The van der Waals surface area contributed by atoms with E-state index in [-0.39, 0.29) is 6.54 Å². The van der Waals surface area contributed by atoms with Gasteiger partial charge in [-0.25, -0.2) is 4.79 Å². The van der Waals surface area contributed by atoms with Gasteiger partial charge in [-0.3, -0.25) is 0 Å². The highest BCUT2D eigenvalue weighted by molar-refractivity contribution is 5.67. The molecule has 0 bridgehead atoms. The molecule has 1 heterocycles. The number of carbonyl (C=O) groups is 1. The molecule has 16 heavy (non-hydrogen) atoms. The molecule has 1 aliphatic rings. The van der Waals surface area contributed by atoms with Crippen LogP contribution >= 0.6 is 0 Å². The monoisotopic (exact) mass is 243 g/mol. The summed E-state index contributed by atoms with van der Waals surface area (Å²) in [6.45, 7) is -1.09. The molecular formula is C8H12F3NO4. The molecule has 0 spiro atoms. The van der Waals surface area contributed by atoms with Crippen molar-refractivity contribution >= 4 is 6.09 Å². The molecule has 0 radical (unpaired) electrons. The number of ether oxygens (including phenoxy) is 1. The molecule has 0 saturated carbocycles. The molecule has 1 aliphatic heterocycles. The summed E-state index contributed by atoms with van der Waals surface area (Å²) in [5.41, 5.74) is 0. The zero-order valence-electron chi connectivity index (χ0n) is 8.44. The summed E-state index contributed by atoms with van der Waals surface area (Å²) in [5, 5.41) is 18.4. The number of likely N-dealkylation sites (tertiary alicyclic amines) is 1. The lowest BCUT2D eigenvalue weighted by Crippen LogP contribution is -2.58. The summed E-state index contributed by atoms with van der Waals surface area (Å²) in [6, 6.07) is 0. The fourth-order valence-corrected chi connectivity index (χ4v) is 1.60. The first-order valence-electron chi connectivity index (χ1n) is 4.53. The largest absolute Gasteiger partial charge is 0.453 e. The van der Waals surface area contributed by atoms with Crippen molar-refractivity contribution < 1.29 is 32.9 Å². The van der Waals surface area contributed by atoms with Gasteiger partial charge in [0.1, 0.15) is 5.92 Å². The number of rotatable bonds is 0. The smallest absolute Gasteiger partial charge is 0.409 e. The van der Waals surface area contributed by atoms with Crippen molar-refractivity contribution in [3.8, 4) is 0 Å². The summed E-state index contributed by atoms with van der Waals surface area (Å²) >= 11 is 0. The number of carbonyl (C=O) groups excluding carboxylic acids is 1. The third kappa shape index (κ3) is 2.56. The van der Waals surface area contributed by atoms with Gasteiger partial charge < -0.3 is 19.8 Å². The van der Waals surface area contributed by atoms with Crippen LogP contribution in [0.2, 0.25) is 0 Å². The number of methoxy groups -OCH3 is 1. The van der Waals surface area contributed by atoms with Crippen LogP contribution in [0.4, 0.5) is 18.0 Å². The van der Waals surface area contributed by atoms with E-state index in [0.717, 1.165) is 12.0 Å². The summed E-state index contributed by atoms with van der Waals surface area (Å²) in [4.78, 5) is 11.8. The van der Waals surface area contributed by atoms with Crippen LogP contribution in [0.1, 0.15) is 0 Å². The predicted molar refractivity (Wildman–Crippen MR) is 45.5 cm³/mol. The normalized spacial score (nSPS) is 31.4. The standard InChI is InChI=1S/C8H12F3NO4/c1-16-7(15)12-2-4(8(9,10)11)6(14)5(13)3-12/h4-6,13-14H,2-3H2,1H3/t4-,5+,6+/m0/s1. The minimum absolute atomic E-state index is 0.375. The summed E-state index contributed by atoms with van der Waals surface area (Å²) in [6.07, 6.45) is -9.17. The molecule has 1 saturated heterocycles. The Morgan fingerprint density at radius 1 is 1.38 bits per heavy atom. The first kappa shape index (κ1) is 13.0. The first-order chi connectivity index (χ1) is 7.27. The van der Waals surface area contributed by atoms with Crippen LogP contribution in [0.5, 0.6) is 0 Å². The SMILES string of the molecule is COC(=O)N1C[C@@H](O)[C@H](O)[C@@H](C(F)(F)F)C1. The molecule has 1 fully saturated rings. The van der Waals surface area contributed by atoms with Crippen LogP contribution in [-0.4, -0.2) is 59.8 Å². The Morgan fingerprint density at radius 2 is 1.94 bits per heavy atom. The highest BCUT2D eigenvalue weighted by Gasteiger charge is 2.51. The van der Waals surface area contributed by atoms with Gasteiger partial charge in [-0.05, 0) is 0 Å². The minimum Gasteiger partial charge on any atom is -0.453 e. The minimum atomic E-state index is -4.67. The second kappa shape index (κ2) is 4.46. The molecule has 5 nitrogen and oxygen atoms in total. The van der Waals surface area contributed by atoms with Crippen LogP contribution < -0.4 is 0 Å². The number of halogens is 3. The van der Waals surface area contributed by atoms with E-state index in [1.54, 1.807) is 0 Å². The van der Waals surface area contributed by atoms with Gasteiger partial charge in [0.15, 0.2) is 0 Å². The average molecular weight is 243 g/mol. The van der Waals surface area contributed by atoms with E-state index in [0.29, 0.717) is 0 Å². The first-order valence-corrected chi connectivity index (χ1v) is 4.53. The molecule has 0 unspecified atom stereocenters. The third-order valence-corrected chi connectivity index (χ3v) is 2.48. The number of β-amino-alcohol motifs (C(OH)–C–C–N with tert-alkyl or cyclic N) is 1. The van der Waals surface area contributed by atoms with Gasteiger partial charge in [-0.2, -0.15) is 13.2 Å². The van der Waals surface area contributed by atoms with Crippen molar-refractivity contribution in [3.63, 3.8) is 0 Å². The number of aliphatic hydroxyl groups excluding tert-OH is 2. The van der Waals surface area contributed by atoms with Gasteiger partial charge in [0, 0.05) is 6.54 Å². The lowest BCUT2D eigenvalue weighted by Gasteiger charge is -2.39. The van der Waals surface area contributed by atoms with E-state index in [2.05, 4.69) is 4.74 Å². The molecular weight excluding hydrogens is 231 g/mol. The molecule has 1 amide bonds. The zero-order chi connectivity index (χ0) is 12.5. The van der Waals surface area contributed by atoms with E-state index in [4.69, 9.17) is 0 Å². The maximum atomic E-state index is 12.5. The van der Waals surface area contributed by atoms with Gasteiger partial charge in [-0.15, -0.1) is 0 Å². The Kier molecular flexibility index (Phi) is 3.64. The Balaban J connectivity index is 2.81. The fourth-order valence-electron chi connectivity index (χ4n) is 1.60. The summed E-state index contributed by atoms with van der Waals surface area (Å²) < 4.78 is 41.6. The lowest BCUT2D eigenvalue weighted by molar-refractivity contribution is -0.228. The molecule has 3 atom stereocenters. The van der Waals surface area contributed by atoms with Gasteiger partial charge in [0.2, 0.25) is 0 Å². The maximum absolute atomic E-state index is 12.5. The van der Waals surface area contributed by atoms with Crippen molar-refractivity contribution in [3.05, 3.63) is 0 Å². The summed E-state index contributed by atoms with van der Waals surface area (Å²) in [5.74, 6) is -2.16. The van der Waals surface area contributed by atoms with Crippen molar-refractivity contribution in [1.29, 1.82) is 0 Å². The van der Waals surface area contributed by atoms with Crippen LogP contribution in [-0.2, 0) is 4.74 Å². The number of hydrogen-bond acceptors (Lipinski definition) is 4. The summed E-state index contributed by atoms with van der Waals surface area (Å²) in [7, 11) is 1.03. The van der Waals surface area contributed by atoms with Gasteiger partial charge in [-0.1, -0.05) is 0 Å². The van der Waals surface area contributed by atoms with E-state index < -0.39 is 36.9 Å². The highest BCUT2D eigenvalue weighted by atomic mass is 19.4. The molecule has 8 heteroatoms. The average Bonchev–Trinajstić information content (AvgIpc) is 2.18. The van der Waals surface area contributed by atoms with Crippen LogP contribution in [0.25, 0.3) is 0 Å². The number of nitrogens with zero attached hydrogens (tertiary/aromatic N) is 1. The lowest BCUT2D eigenvalue weighted by atomic mass is 9.92. The number of alkyl halides is 3. The highest BCUT2D eigenvalue weighted by Crippen LogP contribution is 2.33. The number of hydrogen-bond donors (Lipinski definition) is 2. The van der Waals surface area contributed by atoms with Gasteiger partial charge in [0.25, 0.3) is 0 Å². The van der Waals surface area contributed by atoms with E-state index >= 15 is 0 Å². The Hall–Kier alpha value is -1.02. The number of aliphatic hydroxyl groups is 2. The third-order valence-electron chi connectivity index (χ3n) is 2.48. The van der Waals surface area contributed by atoms with Crippen LogP contribution in [0.3, 0.4) is 0 Å². The van der Waals surface area contributed by atoms with E-state index in [1.165, 1.54) is 0 Å². The Morgan fingerprint density at radius 3 is 2.38 bits per heavy atom.